The Morgan fingerprint density at radius 2 is 1.88 bits per heavy atom. The Bertz CT molecular complexity index is 1500. The van der Waals surface area contributed by atoms with Crippen molar-refractivity contribution >= 4 is 40.0 Å². The molecule has 1 atom stereocenters. The molecule has 8 nitrogen and oxygen atoms in total. The molecule has 9 heteroatoms. The highest BCUT2D eigenvalue weighted by Gasteiger charge is 2.44. The van der Waals surface area contributed by atoms with E-state index in [0.717, 1.165) is 0 Å². The molecule has 1 amide bonds. The Kier molecular flexibility index (Phi) is 4.53. The number of nitrogens with zero attached hydrogens (tertiary/aromatic N) is 3. The van der Waals surface area contributed by atoms with E-state index < -0.39 is 22.3 Å². The van der Waals surface area contributed by atoms with Gasteiger partial charge >= 0.3 is 0 Å². The van der Waals surface area contributed by atoms with E-state index in [9.17, 15) is 19.7 Å². The number of anilines is 1. The van der Waals surface area contributed by atoms with E-state index in [1.807, 2.05) is 0 Å². The summed E-state index contributed by atoms with van der Waals surface area (Å²) in [6, 6.07) is 14.6. The van der Waals surface area contributed by atoms with Crippen LogP contribution in [0.3, 0.4) is 0 Å². The van der Waals surface area contributed by atoms with Crippen LogP contribution in [-0.2, 0) is 0 Å². The number of carbonyl (C=O) groups is 1. The van der Waals surface area contributed by atoms with Gasteiger partial charge in [0, 0.05) is 22.8 Å². The van der Waals surface area contributed by atoms with E-state index >= 15 is 0 Å². The average molecular weight is 448 g/mol. The molecular weight excluding hydrogens is 434 g/mol. The molecular formula is C23H14ClN3O5. The Hall–Kier alpha value is -4.04. The monoisotopic (exact) mass is 447 g/mol. The molecule has 0 aliphatic carbocycles. The summed E-state index contributed by atoms with van der Waals surface area (Å²) >= 11 is 6.08. The van der Waals surface area contributed by atoms with E-state index in [0.29, 0.717) is 22.1 Å². The van der Waals surface area contributed by atoms with Crippen LogP contribution in [0, 0.1) is 17.0 Å². The van der Waals surface area contributed by atoms with Crippen LogP contribution < -0.4 is 10.3 Å². The minimum Gasteiger partial charge on any atom is -0.450 e. The van der Waals surface area contributed by atoms with Gasteiger partial charge in [0.2, 0.25) is 5.76 Å². The molecule has 4 aromatic rings. The minimum atomic E-state index is -0.952. The van der Waals surface area contributed by atoms with Crippen LogP contribution in [0.5, 0.6) is 0 Å². The van der Waals surface area contributed by atoms with Gasteiger partial charge in [-0.2, -0.15) is 0 Å². The number of non-ortho nitro benzene ring substituents is 1. The number of benzene rings is 2. The van der Waals surface area contributed by atoms with Crippen LogP contribution in [-0.4, -0.2) is 15.8 Å². The molecule has 158 valence electrons. The number of amides is 1. The van der Waals surface area contributed by atoms with Gasteiger partial charge in [-0.05, 0) is 42.8 Å². The van der Waals surface area contributed by atoms with E-state index in [2.05, 4.69) is 4.98 Å². The van der Waals surface area contributed by atoms with Gasteiger partial charge in [-0.15, -0.1) is 0 Å². The second-order valence-electron chi connectivity index (χ2n) is 7.38. The highest BCUT2D eigenvalue weighted by molar-refractivity contribution is 6.31. The summed E-state index contributed by atoms with van der Waals surface area (Å²) in [5, 5.41) is 11.9. The SMILES string of the molecule is Cc1cccc(N2C(=O)c3oc4ccc(Cl)cc4c(=O)c3[C@H]2c2cccc([N+](=O)[O-])c2)n1. The number of hydrogen-bond acceptors (Lipinski definition) is 6. The van der Waals surface area contributed by atoms with Crippen molar-refractivity contribution < 1.29 is 14.1 Å². The van der Waals surface area contributed by atoms with Gasteiger partial charge in [0.1, 0.15) is 11.4 Å². The van der Waals surface area contributed by atoms with Crippen LogP contribution >= 0.6 is 11.6 Å². The number of aromatic nitrogens is 1. The molecule has 2 aromatic carbocycles. The summed E-state index contributed by atoms with van der Waals surface area (Å²) in [5.41, 5.74) is 0.790. The molecule has 32 heavy (non-hydrogen) atoms. The summed E-state index contributed by atoms with van der Waals surface area (Å²) < 4.78 is 5.85. The summed E-state index contributed by atoms with van der Waals surface area (Å²) in [4.78, 5) is 43.6. The number of nitro groups is 1. The van der Waals surface area contributed by atoms with Crippen LogP contribution in [0.1, 0.15) is 33.4 Å². The number of aryl methyl sites for hydroxylation is 1. The van der Waals surface area contributed by atoms with Crippen molar-refractivity contribution in [2.24, 2.45) is 0 Å². The highest BCUT2D eigenvalue weighted by Crippen LogP contribution is 2.41. The molecule has 0 unspecified atom stereocenters. The maximum atomic E-state index is 13.5. The second kappa shape index (κ2) is 7.28. The lowest BCUT2D eigenvalue weighted by Gasteiger charge is -2.24. The van der Waals surface area contributed by atoms with Crippen molar-refractivity contribution in [2.75, 3.05) is 4.90 Å². The van der Waals surface area contributed by atoms with Crippen molar-refractivity contribution in [2.45, 2.75) is 13.0 Å². The maximum Gasteiger partial charge on any atom is 0.296 e. The molecule has 3 heterocycles. The zero-order valence-electron chi connectivity index (χ0n) is 16.6. The summed E-state index contributed by atoms with van der Waals surface area (Å²) in [6.07, 6.45) is 0. The minimum absolute atomic E-state index is 0.0913. The normalized spacial score (nSPS) is 15.2. The number of rotatable bonds is 3. The summed E-state index contributed by atoms with van der Waals surface area (Å²) in [5.74, 6) is -0.368. The zero-order valence-corrected chi connectivity index (χ0v) is 17.4. The molecule has 2 aromatic heterocycles. The molecule has 0 radical (unpaired) electrons. The van der Waals surface area contributed by atoms with Gasteiger partial charge in [-0.1, -0.05) is 29.8 Å². The molecule has 0 saturated carbocycles. The largest absolute Gasteiger partial charge is 0.450 e. The van der Waals surface area contributed by atoms with E-state index in [4.69, 9.17) is 16.0 Å². The Morgan fingerprint density at radius 1 is 1.09 bits per heavy atom. The number of hydrogen-bond donors (Lipinski definition) is 0. The number of fused-ring (bicyclic) bond motifs is 2. The van der Waals surface area contributed by atoms with Crippen LogP contribution in [0.4, 0.5) is 11.5 Å². The van der Waals surface area contributed by atoms with Crippen molar-refractivity contribution in [3.8, 4) is 0 Å². The van der Waals surface area contributed by atoms with Crippen LogP contribution in [0.2, 0.25) is 5.02 Å². The number of pyridine rings is 1. The topological polar surface area (TPSA) is 107 Å². The predicted molar refractivity (Wildman–Crippen MR) is 118 cm³/mol. The van der Waals surface area contributed by atoms with Gasteiger partial charge in [0.25, 0.3) is 11.6 Å². The van der Waals surface area contributed by atoms with Crippen molar-refractivity contribution in [1.82, 2.24) is 4.98 Å². The third-order valence-corrected chi connectivity index (χ3v) is 5.58. The van der Waals surface area contributed by atoms with Crippen molar-refractivity contribution in [1.29, 1.82) is 0 Å². The second-order valence-corrected chi connectivity index (χ2v) is 7.82. The highest BCUT2D eigenvalue weighted by atomic mass is 35.5. The smallest absolute Gasteiger partial charge is 0.296 e. The molecule has 0 spiro atoms. The Balaban J connectivity index is 1.83. The lowest BCUT2D eigenvalue weighted by Crippen LogP contribution is -2.30. The third-order valence-electron chi connectivity index (χ3n) is 5.35. The number of carbonyl (C=O) groups excluding carboxylic acids is 1. The molecule has 1 aliphatic rings. The first-order valence-corrected chi connectivity index (χ1v) is 10.0. The summed E-state index contributed by atoms with van der Waals surface area (Å²) in [7, 11) is 0. The van der Waals surface area contributed by atoms with E-state index in [-0.39, 0.29) is 28.0 Å². The first-order chi connectivity index (χ1) is 15.3. The molecule has 0 bridgehead atoms. The number of nitro benzene ring substituents is 1. The van der Waals surface area contributed by atoms with Crippen molar-refractivity contribution in [3.05, 3.63) is 109 Å². The molecule has 0 fully saturated rings. The third kappa shape index (κ3) is 3.04. The van der Waals surface area contributed by atoms with Crippen LogP contribution in [0.15, 0.2) is 69.9 Å². The van der Waals surface area contributed by atoms with Gasteiger partial charge in [-0.3, -0.25) is 24.6 Å². The Morgan fingerprint density at radius 3 is 2.62 bits per heavy atom. The quantitative estimate of drug-likeness (QED) is 0.329. The fourth-order valence-corrected chi connectivity index (χ4v) is 4.14. The van der Waals surface area contributed by atoms with E-state index in [1.165, 1.54) is 35.2 Å². The zero-order chi connectivity index (χ0) is 22.6. The molecule has 0 saturated heterocycles. The lowest BCUT2D eigenvalue weighted by molar-refractivity contribution is -0.384. The molecule has 1 aliphatic heterocycles. The predicted octanol–water partition coefficient (Wildman–Crippen LogP) is 4.81. The maximum absolute atomic E-state index is 13.5. The van der Waals surface area contributed by atoms with Gasteiger partial charge < -0.3 is 4.42 Å². The molecule has 0 N–H and O–H groups in total. The van der Waals surface area contributed by atoms with Gasteiger partial charge in [0.05, 0.1) is 21.9 Å². The standard InChI is InChI=1S/C23H14ClN3O5/c1-12-4-2-7-18(25-12)26-20(13-5-3-6-15(10-13)27(30)31)19-21(28)16-11-14(24)8-9-17(16)32-22(19)23(26)29/h2-11,20H,1H3/t20-/m1/s1. The van der Waals surface area contributed by atoms with Gasteiger partial charge in [-0.25, -0.2) is 4.98 Å². The van der Waals surface area contributed by atoms with Gasteiger partial charge in [0.15, 0.2) is 5.43 Å². The fraction of sp³-hybridized carbons (Fsp3) is 0.0870. The molecule has 5 rings (SSSR count). The first kappa shape index (κ1) is 19.9. The lowest BCUT2D eigenvalue weighted by atomic mass is 9.98. The average Bonchev–Trinajstić information content (AvgIpc) is 3.07. The Labute approximate surface area is 185 Å². The number of halogens is 1. The van der Waals surface area contributed by atoms with Crippen molar-refractivity contribution in [3.63, 3.8) is 0 Å². The fourth-order valence-electron chi connectivity index (χ4n) is 3.97. The van der Waals surface area contributed by atoms with Crippen LogP contribution in [0.25, 0.3) is 11.0 Å². The first-order valence-electron chi connectivity index (χ1n) is 9.63. The van der Waals surface area contributed by atoms with E-state index in [1.54, 1.807) is 37.3 Å². The summed E-state index contributed by atoms with van der Waals surface area (Å²) in [6.45, 7) is 1.78.